The smallest absolute Gasteiger partial charge is 0.227 e. The summed E-state index contributed by atoms with van der Waals surface area (Å²) in [5, 5.41) is 3.14. The number of piperidine rings is 1. The molecule has 1 aliphatic heterocycles. The first-order valence-corrected chi connectivity index (χ1v) is 8.22. The van der Waals surface area contributed by atoms with E-state index in [0.717, 1.165) is 35.7 Å². The zero-order valence-electron chi connectivity index (χ0n) is 12.2. The van der Waals surface area contributed by atoms with Gasteiger partial charge in [0.2, 0.25) is 5.91 Å². The fraction of sp³-hybridized carbons (Fsp3) is 0.438. The van der Waals surface area contributed by atoms with Crippen molar-refractivity contribution < 1.29 is 4.79 Å². The topological polar surface area (TPSA) is 46.1 Å². The zero-order chi connectivity index (χ0) is 14.7. The van der Waals surface area contributed by atoms with Crippen molar-refractivity contribution in [3.05, 3.63) is 46.2 Å². The Kier molecular flexibility index (Phi) is 4.29. The van der Waals surface area contributed by atoms with Gasteiger partial charge in [0, 0.05) is 30.0 Å². The van der Waals surface area contributed by atoms with Gasteiger partial charge in [-0.25, -0.2) is 4.98 Å². The minimum atomic E-state index is 0.154. The van der Waals surface area contributed by atoms with E-state index in [1.807, 2.05) is 24.0 Å². The number of carbonyl (C=O) groups excluding carboxylic acids is 1. The fourth-order valence-corrected chi connectivity index (χ4v) is 3.73. The van der Waals surface area contributed by atoms with E-state index in [1.54, 1.807) is 23.7 Å². The molecule has 0 bridgehead atoms. The summed E-state index contributed by atoms with van der Waals surface area (Å²) in [6, 6.07) is 3.99. The molecule has 3 heterocycles. The lowest BCUT2D eigenvalue weighted by molar-refractivity contribution is -0.134. The van der Waals surface area contributed by atoms with Crippen LogP contribution in [0.4, 0.5) is 0 Å². The summed E-state index contributed by atoms with van der Waals surface area (Å²) in [7, 11) is 0. The molecule has 5 heteroatoms. The highest BCUT2D eigenvalue weighted by atomic mass is 32.1. The molecule has 21 heavy (non-hydrogen) atoms. The molecule has 1 aliphatic rings. The van der Waals surface area contributed by atoms with E-state index in [2.05, 4.69) is 15.3 Å². The predicted molar refractivity (Wildman–Crippen MR) is 83.1 cm³/mol. The number of likely N-dealkylation sites (tertiary alicyclic amines) is 1. The van der Waals surface area contributed by atoms with Crippen molar-refractivity contribution in [3.63, 3.8) is 0 Å². The number of aryl methyl sites for hydroxylation is 1. The summed E-state index contributed by atoms with van der Waals surface area (Å²) >= 11 is 1.67. The minimum Gasteiger partial charge on any atom is -0.333 e. The molecule has 2 aromatic heterocycles. The van der Waals surface area contributed by atoms with E-state index >= 15 is 0 Å². The Morgan fingerprint density at radius 1 is 1.48 bits per heavy atom. The van der Waals surface area contributed by atoms with E-state index in [4.69, 9.17) is 0 Å². The summed E-state index contributed by atoms with van der Waals surface area (Å²) in [4.78, 5) is 23.3. The van der Waals surface area contributed by atoms with Gasteiger partial charge in [-0.1, -0.05) is 6.07 Å². The average molecular weight is 301 g/mol. The van der Waals surface area contributed by atoms with Crippen LogP contribution in [-0.2, 0) is 11.2 Å². The van der Waals surface area contributed by atoms with Crippen LogP contribution in [0.1, 0.15) is 41.6 Å². The minimum absolute atomic E-state index is 0.154. The Hall–Kier alpha value is -1.75. The average Bonchev–Trinajstić information content (AvgIpc) is 2.95. The summed E-state index contributed by atoms with van der Waals surface area (Å²) in [5.41, 5.74) is 2.02. The molecule has 0 aliphatic carbocycles. The van der Waals surface area contributed by atoms with Crippen molar-refractivity contribution in [2.24, 2.45) is 0 Å². The molecule has 4 nitrogen and oxygen atoms in total. The summed E-state index contributed by atoms with van der Waals surface area (Å²) < 4.78 is 0. The second-order valence-corrected chi connectivity index (χ2v) is 6.35. The van der Waals surface area contributed by atoms with Crippen LogP contribution < -0.4 is 0 Å². The molecule has 0 aromatic carbocycles. The highest BCUT2D eigenvalue weighted by molar-refractivity contribution is 7.09. The number of carbonyl (C=O) groups is 1. The number of hydrogen-bond donors (Lipinski definition) is 0. The van der Waals surface area contributed by atoms with Gasteiger partial charge in [0.1, 0.15) is 5.01 Å². The summed E-state index contributed by atoms with van der Waals surface area (Å²) in [6.45, 7) is 2.84. The third kappa shape index (κ3) is 3.29. The van der Waals surface area contributed by atoms with Crippen molar-refractivity contribution in [3.8, 4) is 0 Å². The molecule has 2 aromatic rings. The van der Waals surface area contributed by atoms with Crippen molar-refractivity contribution in [2.75, 3.05) is 6.54 Å². The Morgan fingerprint density at radius 2 is 2.38 bits per heavy atom. The first kappa shape index (κ1) is 14.2. The van der Waals surface area contributed by atoms with Crippen molar-refractivity contribution in [2.45, 2.75) is 38.6 Å². The fourth-order valence-electron chi connectivity index (χ4n) is 2.79. The van der Waals surface area contributed by atoms with E-state index in [9.17, 15) is 4.79 Å². The lowest BCUT2D eigenvalue weighted by atomic mass is 10.0. The number of thiazole rings is 1. The highest BCUT2D eigenvalue weighted by Crippen LogP contribution is 2.33. The quantitative estimate of drug-likeness (QED) is 0.875. The van der Waals surface area contributed by atoms with Gasteiger partial charge in [0.25, 0.3) is 0 Å². The molecular formula is C16H19N3OS. The van der Waals surface area contributed by atoms with Crippen molar-refractivity contribution in [1.29, 1.82) is 0 Å². The molecule has 0 unspecified atom stereocenters. The lowest BCUT2D eigenvalue weighted by Crippen LogP contribution is -2.39. The maximum atomic E-state index is 12.6. The molecule has 1 atom stereocenters. The van der Waals surface area contributed by atoms with Crippen LogP contribution in [0, 0.1) is 6.92 Å². The summed E-state index contributed by atoms with van der Waals surface area (Å²) in [6.07, 6.45) is 7.19. The van der Waals surface area contributed by atoms with E-state index in [0.29, 0.717) is 6.42 Å². The molecule has 3 rings (SSSR count). The van der Waals surface area contributed by atoms with Gasteiger partial charge < -0.3 is 4.90 Å². The van der Waals surface area contributed by atoms with Crippen LogP contribution in [0.2, 0.25) is 0 Å². The number of aromatic nitrogens is 2. The van der Waals surface area contributed by atoms with Crippen LogP contribution in [0.15, 0.2) is 29.9 Å². The molecule has 0 N–H and O–H groups in total. The molecular weight excluding hydrogens is 282 g/mol. The van der Waals surface area contributed by atoms with Crippen LogP contribution >= 0.6 is 11.3 Å². The Labute approximate surface area is 128 Å². The van der Waals surface area contributed by atoms with E-state index in [1.165, 1.54) is 6.42 Å². The standard InChI is InChI=1S/C16H19N3OS/c1-12-11-21-16(18-12)14-6-2-3-8-19(14)15(20)9-13-5-4-7-17-10-13/h4-5,7,10-11,14H,2-3,6,8-9H2,1H3/t14-/m1/s1. The van der Waals surface area contributed by atoms with E-state index < -0.39 is 0 Å². The van der Waals surface area contributed by atoms with Gasteiger partial charge in [-0.2, -0.15) is 0 Å². The second-order valence-electron chi connectivity index (χ2n) is 5.46. The van der Waals surface area contributed by atoms with Gasteiger partial charge in [0.05, 0.1) is 12.5 Å². The molecule has 1 saturated heterocycles. The third-order valence-electron chi connectivity index (χ3n) is 3.82. The molecule has 0 radical (unpaired) electrons. The Balaban J connectivity index is 1.76. The zero-order valence-corrected chi connectivity index (χ0v) is 13.0. The van der Waals surface area contributed by atoms with Crippen LogP contribution in [0.25, 0.3) is 0 Å². The molecule has 110 valence electrons. The van der Waals surface area contributed by atoms with Gasteiger partial charge in [0.15, 0.2) is 0 Å². The van der Waals surface area contributed by atoms with Gasteiger partial charge >= 0.3 is 0 Å². The SMILES string of the molecule is Cc1csc([C@H]2CCCCN2C(=O)Cc2cccnc2)n1. The molecule has 1 amide bonds. The van der Waals surface area contributed by atoms with Crippen molar-refractivity contribution in [1.82, 2.24) is 14.9 Å². The van der Waals surface area contributed by atoms with Crippen LogP contribution in [-0.4, -0.2) is 27.3 Å². The number of pyridine rings is 1. The maximum Gasteiger partial charge on any atom is 0.227 e. The number of nitrogens with zero attached hydrogens (tertiary/aromatic N) is 3. The number of hydrogen-bond acceptors (Lipinski definition) is 4. The second kappa shape index (κ2) is 6.35. The van der Waals surface area contributed by atoms with Crippen molar-refractivity contribution >= 4 is 17.2 Å². The Morgan fingerprint density at radius 3 is 3.10 bits per heavy atom. The van der Waals surface area contributed by atoms with Crippen LogP contribution in [0.5, 0.6) is 0 Å². The predicted octanol–water partition coefficient (Wildman–Crippen LogP) is 3.14. The maximum absolute atomic E-state index is 12.6. The normalized spacial score (nSPS) is 18.7. The first-order valence-electron chi connectivity index (χ1n) is 7.34. The lowest BCUT2D eigenvalue weighted by Gasteiger charge is -2.34. The number of amides is 1. The molecule has 0 saturated carbocycles. The number of rotatable bonds is 3. The third-order valence-corrected chi connectivity index (χ3v) is 4.89. The van der Waals surface area contributed by atoms with Gasteiger partial charge in [-0.05, 0) is 37.8 Å². The van der Waals surface area contributed by atoms with Gasteiger partial charge in [-0.15, -0.1) is 11.3 Å². The highest BCUT2D eigenvalue weighted by Gasteiger charge is 2.29. The first-order chi connectivity index (χ1) is 10.2. The largest absolute Gasteiger partial charge is 0.333 e. The molecule has 0 spiro atoms. The van der Waals surface area contributed by atoms with E-state index in [-0.39, 0.29) is 11.9 Å². The van der Waals surface area contributed by atoms with Crippen LogP contribution in [0.3, 0.4) is 0 Å². The summed E-state index contributed by atoms with van der Waals surface area (Å²) in [5.74, 6) is 0.181. The van der Waals surface area contributed by atoms with Gasteiger partial charge in [-0.3, -0.25) is 9.78 Å². The molecule has 1 fully saturated rings. The monoisotopic (exact) mass is 301 g/mol. The Bertz CT molecular complexity index is 611.